The van der Waals surface area contributed by atoms with E-state index in [0.29, 0.717) is 0 Å². The Morgan fingerprint density at radius 3 is 2.47 bits per heavy atom. The van der Waals surface area contributed by atoms with Crippen molar-refractivity contribution in [3.05, 3.63) is 34.9 Å². The van der Waals surface area contributed by atoms with Crippen LogP contribution in [0.15, 0.2) is 18.2 Å². The van der Waals surface area contributed by atoms with E-state index in [1.807, 2.05) is 7.05 Å². The van der Waals surface area contributed by atoms with E-state index in [1.54, 1.807) is 0 Å². The van der Waals surface area contributed by atoms with E-state index in [2.05, 4.69) is 63.2 Å². The van der Waals surface area contributed by atoms with Crippen LogP contribution in [0.4, 0.5) is 0 Å². The zero-order chi connectivity index (χ0) is 14.5. The smallest absolute Gasteiger partial charge is 0.0233 e. The minimum atomic E-state index is 0.229. The van der Waals surface area contributed by atoms with Crippen LogP contribution in [-0.2, 0) is 12.0 Å². The first-order valence-corrected chi connectivity index (χ1v) is 7.27. The molecule has 0 aliphatic rings. The fourth-order valence-electron chi connectivity index (χ4n) is 2.20. The van der Waals surface area contributed by atoms with Gasteiger partial charge in [0, 0.05) is 6.54 Å². The van der Waals surface area contributed by atoms with E-state index in [-0.39, 0.29) is 5.41 Å². The lowest BCUT2D eigenvalue weighted by atomic mass is 9.85. The number of nitrogens with zero attached hydrogens (tertiary/aromatic N) is 1. The molecule has 0 bridgehead atoms. The molecule has 1 aromatic carbocycles. The second kappa shape index (κ2) is 7.06. The molecule has 2 nitrogen and oxygen atoms in total. The third-order valence-electron chi connectivity index (χ3n) is 3.62. The van der Waals surface area contributed by atoms with Gasteiger partial charge in [-0.3, -0.25) is 0 Å². The Hall–Kier alpha value is -0.860. The van der Waals surface area contributed by atoms with Gasteiger partial charge in [-0.2, -0.15) is 0 Å². The second-order valence-electron chi connectivity index (χ2n) is 6.59. The van der Waals surface area contributed by atoms with Crippen molar-refractivity contribution in [2.24, 2.45) is 0 Å². The summed E-state index contributed by atoms with van der Waals surface area (Å²) in [6.07, 6.45) is 1.20. The van der Waals surface area contributed by atoms with Crippen LogP contribution in [0, 0.1) is 6.92 Å². The SMILES string of the molecule is CNCCCN(C)Cc1cc(C(C)(C)C)ccc1C. The zero-order valence-electron chi connectivity index (χ0n) is 13.5. The summed E-state index contributed by atoms with van der Waals surface area (Å²) in [5, 5.41) is 3.20. The van der Waals surface area contributed by atoms with Crippen LogP contribution in [0.2, 0.25) is 0 Å². The summed E-state index contributed by atoms with van der Waals surface area (Å²) in [7, 11) is 4.22. The summed E-state index contributed by atoms with van der Waals surface area (Å²) >= 11 is 0. The Balaban J connectivity index is 2.71. The molecule has 0 radical (unpaired) electrons. The van der Waals surface area contributed by atoms with Gasteiger partial charge in [-0.05, 0) is 62.6 Å². The van der Waals surface area contributed by atoms with Crippen LogP contribution < -0.4 is 5.32 Å². The molecule has 108 valence electrons. The van der Waals surface area contributed by atoms with Crippen molar-refractivity contribution in [2.75, 3.05) is 27.2 Å². The highest BCUT2D eigenvalue weighted by molar-refractivity contribution is 5.34. The highest BCUT2D eigenvalue weighted by Crippen LogP contribution is 2.25. The molecule has 0 fully saturated rings. The fraction of sp³-hybridized carbons (Fsp3) is 0.647. The molecule has 0 aliphatic heterocycles. The van der Waals surface area contributed by atoms with E-state index in [9.17, 15) is 0 Å². The quantitative estimate of drug-likeness (QED) is 0.791. The molecule has 0 aromatic heterocycles. The lowest BCUT2D eigenvalue weighted by Crippen LogP contribution is -2.23. The largest absolute Gasteiger partial charge is 0.320 e. The Bertz CT molecular complexity index is 391. The number of nitrogens with one attached hydrogen (secondary N) is 1. The van der Waals surface area contributed by atoms with E-state index in [0.717, 1.165) is 19.6 Å². The van der Waals surface area contributed by atoms with Crippen LogP contribution in [0.25, 0.3) is 0 Å². The van der Waals surface area contributed by atoms with Gasteiger partial charge >= 0.3 is 0 Å². The van der Waals surface area contributed by atoms with Gasteiger partial charge < -0.3 is 10.2 Å². The molecule has 1 N–H and O–H groups in total. The van der Waals surface area contributed by atoms with Gasteiger partial charge in [0.05, 0.1) is 0 Å². The molecule has 0 saturated heterocycles. The first-order valence-electron chi connectivity index (χ1n) is 7.27. The van der Waals surface area contributed by atoms with Crippen molar-refractivity contribution in [2.45, 2.75) is 46.1 Å². The summed E-state index contributed by atoms with van der Waals surface area (Å²) < 4.78 is 0. The lowest BCUT2D eigenvalue weighted by molar-refractivity contribution is 0.320. The van der Waals surface area contributed by atoms with Crippen molar-refractivity contribution in [1.82, 2.24) is 10.2 Å². The predicted octanol–water partition coefficient (Wildman–Crippen LogP) is 3.33. The van der Waals surface area contributed by atoms with E-state index >= 15 is 0 Å². The molecule has 0 spiro atoms. The fourth-order valence-corrected chi connectivity index (χ4v) is 2.20. The molecule has 1 rings (SSSR count). The monoisotopic (exact) mass is 262 g/mol. The molecular formula is C17H30N2. The van der Waals surface area contributed by atoms with Gasteiger partial charge in [0.15, 0.2) is 0 Å². The number of hydrogen-bond donors (Lipinski definition) is 1. The highest BCUT2D eigenvalue weighted by atomic mass is 15.1. The number of rotatable bonds is 6. The van der Waals surface area contributed by atoms with Crippen LogP contribution in [0.1, 0.15) is 43.9 Å². The molecule has 0 aliphatic carbocycles. The van der Waals surface area contributed by atoms with Crippen molar-refractivity contribution in [1.29, 1.82) is 0 Å². The maximum absolute atomic E-state index is 3.20. The lowest BCUT2D eigenvalue weighted by Gasteiger charge is -2.23. The Morgan fingerprint density at radius 1 is 1.21 bits per heavy atom. The molecule has 1 aromatic rings. The highest BCUT2D eigenvalue weighted by Gasteiger charge is 2.15. The van der Waals surface area contributed by atoms with Gasteiger partial charge in [0.25, 0.3) is 0 Å². The summed E-state index contributed by atoms with van der Waals surface area (Å²) in [6.45, 7) is 12.3. The van der Waals surface area contributed by atoms with Gasteiger partial charge in [-0.25, -0.2) is 0 Å². The van der Waals surface area contributed by atoms with Crippen LogP contribution in [0.3, 0.4) is 0 Å². The second-order valence-corrected chi connectivity index (χ2v) is 6.59. The molecule has 0 atom stereocenters. The molecule has 0 heterocycles. The van der Waals surface area contributed by atoms with Gasteiger partial charge in [0.1, 0.15) is 0 Å². The minimum Gasteiger partial charge on any atom is -0.320 e. The molecular weight excluding hydrogens is 232 g/mol. The van der Waals surface area contributed by atoms with Crippen molar-refractivity contribution in [3.8, 4) is 0 Å². The van der Waals surface area contributed by atoms with Crippen LogP contribution in [-0.4, -0.2) is 32.1 Å². The molecule has 2 heteroatoms. The van der Waals surface area contributed by atoms with Gasteiger partial charge in [0.2, 0.25) is 0 Å². The summed E-state index contributed by atoms with van der Waals surface area (Å²) in [5.74, 6) is 0. The third kappa shape index (κ3) is 5.33. The molecule has 0 saturated carbocycles. The summed E-state index contributed by atoms with van der Waals surface area (Å²) in [6, 6.07) is 6.90. The van der Waals surface area contributed by atoms with Crippen molar-refractivity contribution >= 4 is 0 Å². The van der Waals surface area contributed by atoms with Crippen molar-refractivity contribution < 1.29 is 0 Å². The zero-order valence-corrected chi connectivity index (χ0v) is 13.5. The topological polar surface area (TPSA) is 15.3 Å². The Labute approximate surface area is 119 Å². The maximum atomic E-state index is 3.20. The minimum absolute atomic E-state index is 0.229. The van der Waals surface area contributed by atoms with E-state index < -0.39 is 0 Å². The standard InChI is InChI=1S/C17H30N2/c1-14-8-9-16(17(2,3)4)12-15(14)13-19(6)11-7-10-18-5/h8-9,12,18H,7,10-11,13H2,1-6H3. The van der Waals surface area contributed by atoms with Crippen LogP contribution >= 0.6 is 0 Å². The number of benzene rings is 1. The average molecular weight is 262 g/mol. The van der Waals surface area contributed by atoms with Gasteiger partial charge in [-0.1, -0.05) is 39.0 Å². The van der Waals surface area contributed by atoms with E-state index in [1.165, 1.54) is 23.1 Å². The molecule has 19 heavy (non-hydrogen) atoms. The Morgan fingerprint density at radius 2 is 1.89 bits per heavy atom. The predicted molar refractivity (Wildman–Crippen MR) is 84.8 cm³/mol. The molecule has 0 amide bonds. The third-order valence-corrected chi connectivity index (χ3v) is 3.62. The maximum Gasteiger partial charge on any atom is 0.0233 e. The molecule has 0 unspecified atom stereocenters. The Kier molecular flexibility index (Phi) is 6.02. The summed E-state index contributed by atoms with van der Waals surface area (Å²) in [5.41, 5.74) is 4.51. The first-order chi connectivity index (χ1) is 8.84. The van der Waals surface area contributed by atoms with Crippen molar-refractivity contribution in [3.63, 3.8) is 0 Å². The van der Waals surface area contributed by atoms with E-state index in [4.69, 9.17) is 0 Å². The normalized spacial score (nSPS) is 12.2. The van der Waals surface area contributed by atoms with Gasteiger partial charge in [-0.15, -0.1) is 0 Å². The first kappa shape index (κ1) is 16.2. The number of hydrogen-bond acceptors (Lipinski definition) is 2. The summed E-state index contributed by atoms with van der Waals surface area (Å²) in [4.78, 5) is 2.41. The number of aryl methyl sites for hydroxylation is 1. The van der Waals surface area contributed by atoms with Crippen LogP contribution in [0.5, 0.6) is 0 Å². The average Bonchev–Trinajstić information content (AvgIpc) is 2.31.